The van der Waals surface area contributed by atoms with Gasteiger partial charge in [-0.15, -0.1) is 0 Å². The van der Waals surface area contributed by atoms with Crippen LogP contribution in [0.15, 0.2) is 78.9 Å². The molecular weight excluding hydrogens is 298 g/mol. The lowest BCUT2D eigenvalue weighted by atomic mass is 10.2. The third-order valence-electron chi connectivity index (χ3n) is 3.51. The second-order valence-corrected chi connectivity index (χ2v) is 5.51. The molecule has 3 aromatic rings. The third-order valence-corrected chi connectivity index (χ3v) is 3.51. The summed E-state index contributed by atoms with van der Waals surface area (Å²) >= 11 is 0. The molecule has 4 nitrogen and oxygen atoms in total. The van der Waals surface area contributed by atoms with E-state index < -0.39 is 0 Å². The van der Waals surface area contributed by atoms with E-state index in [1.54, 1.807) is 0 Å². The smallest absolute Gasteiger partial charge is 0.323 e. The van der Waals surface area contributed by atoms with E-state index >= 15 is 0 Å². The van der Waals surface area contributed by atoms with Gasteiger partial charge in [0.15, 0.2) is 0 Å². The molecule has 0 aliphatic carbocycles. The van der Waals surface area contributed by atoms with Crippen molar-refractivity contribution >= 4 is 28.8 Å². The summed E-state index contributed by atoms with van der Waals surface area (Å²) < 4.78 is 0. The van der Waals surface area contributed by atoms with E-state index in [2.05, 4.69) is 16.0 Å². The van der Waals surface area contributed by atoms with E-state index in [1.165, 1.54) is 0 Å². The minimum atomic E-state index is -0.261. The summed E-state index contributed by atoms with van der Waals surface area (Å²) in [6.07, 6.45) is 0. The molecule has 3 rings (SSSR count). The number of urea groups is 1. The van der Waals surface area contributed by atoms with Gasteiger partial charge < -0.3 is 16.0 Å². The Morgan fingerprint density at radius 1 is 0.625 bits per heavy atom. The van der Waals surface area contributed by atoms with Gasteiger partial charge in [0.2, 0.25) is 0 Å². The Morgan fingerprint density at radius 2 is 1.08 bits per heavy atom. The fourth-order valence-corrected chi connectivity index (χ4v) is 2.26. The molecule has 0 saturated heterocycles. The molecule has 0 saturated carbocycles. The van der Waals surface area contributed by atoms with Gasteiger partial charge >= 0.3 is 6.03 Å². The Kier molecular flexibility index (Phi) is 4.77. The summed E-state index contributed by atoms with van der Waals surface area (Å²) in [7, 11) is 0. The fraction of sp³-hybridized carbons (Fsp3) is 0.0500. The minimum Gasteiger partial charge on any atom is -0.356 e. The quantitative estimate of drug-likeness (QED) is 0.605. The first kappa shape index (κ1) is 15.6. The molecule has 0 radical (unpaired) electrons. The molecule has 4 heteroatoms. The third kappa shape index (κ3) is 4.36. The maximum Gasteiger partial charge on any atom is 0.323 e. The molecule has 120 valence electrons. The molecule has 3 N–H and O–H groups in total. The van der Waals surface area contributed by atoms with Gasteiger partial charge in [-0.1, -0.05) is 35.9 Å². The zero-order valence-electron chi connectivity index (χ0n) is 13.4. The number of aryl methyl sites for hydroxylation is 1. The molecule has 0 aliphatic rings. The average Bonchev–Trinajstić information content (AvgIpc) is 2.60. The molecule has 0 atom stereocenters. The molecule has 0 aromatic heterocycles. The maximum atomic E-state index is 12.0. The van der Waals surface area contributed by atoms with Crippen LogP contribution in [0.25, 0.3) is 0 Å². The van der Waals surface area contributed by atoms with Crippen LogP contribution in [0, 0.1) is 6.92 Å². The molecular formula is C20H19N3O. The van der Waals surface area contributed by atoms with Gasteiger partial charge in [-0.05, 0) is 55.5 Å². The molecule has 0 spiro atoms. The van der Waals surface area contributed by atoms with Gasteiger partial charge in [-0.25, -0.2) is 4.79 Å². The number of nitrogens with one attached hydrogen (secondary N) is 3. The van der Waals surface area contributed by atoms with Gasteiger partial charge in [0.1, 0.15) is 0 Å². The highest BCUT2D eigenvalue weighted by atomic mass is 16.2. The van der Waals surface area contributed by atoms with Crippen LogP contribution in [0.4, 0.5) is 27.5 Å². The number of carbonyl (C=O) groups excluding carboxylic acids is 1. The Morgan fingerprint density at radius 3 is 1.67 bits per heavy atom. The van der Waals surface area contributed by atoms with Crippen molar-refractivity contribution in [3.8, 4) is 0 Å². The van der Waals surface area contributed by atoms with Crippen molar-refractivity contribution in [2.45, 2.75) is 6.92 Å². The number of amides is 2. The van der Waals surface area contributed by atoms with Crippen LogP contribution in [0.3, 0.4) is 0 Å². The van der Waals surface area contributed by atoms with Crippen LogP contribution in [0.5, 0.6) is 0 Å². The molecule has 0 aliphatic heterocycles. The van der Waals surface area contributed by atoms with Crippen molar-refractivity contribution < 1.29 is 4.79 Å². The summed E-state index contributed by atoms with van der Waals surface area (Å²) in [6, 6.07) is 24.9. The largest absolute Gasteiger partial charge is 0.356 e. The molecule has 24 heavy (non-hydrogen) atoms. The molecule has 0 heterocycles. The highest BCUT2D eigenvalue weighted by Gasteiger charge is 2.03. The summed E-state index contributed by atoms with van der Waals surface area (Å²) in [5.74, 6) is 0. The van der Waals surface area contributed by atoms with Crippen molar-refractivity contribution in [2.24, 2.45) is 0 Å². The van der Waals surface area contributed by atoms with Crippen molar-refractivity contribution in [3.63, 3.8) is 0 Å². The van der Waals surface area contributed by atoms with Crippen LogP contribution in [0.1, 0.15) is 5.56 Å². The number of para-hydroxylation sites is 1. The standard InChI is InChI=1S/C20H19N3O/c1-15-7-9-18(10-8-15)22-20(24)23-19-13-11-17(12-14-19)21-16-5-3-2-4-6-16/h2-14,21H,1H3,(H2,22,23,24). The summed E-state index contributed by atoms with van der Waals surface area (Å²) in [4.78, 5) is 12.0. The zero-order valence-corrected chi connectivity index (χ0v) is 13.4. The fourth-order valence-electron chi connectivity index (χ4n) is 2.26. The predicted octanol–water partition coefficient (Wildman–Crippen LogP) is 5.38. The number of rotatable bonds is 4. The topological polar surface area (TPSA) is 53.2 Å². The van der Waals surface area contributed by atoms with Gasteiger partial charge in [-0.3, -0.25) is 0 Å². The average molecular weight is 317 g/mol. The van der Waals surface area contributed by atoms with Gasteiger partial charge in [0.05, 0.1) is 0 Å². The minimum absolute atomic E-state index is 0.261. The molecule has 0 fully saturated rings. The van der Waals surface area contributed by atoms with Crippen LogP contribution >= 0.6 is 0 Å². The second-order valence-electron chi connectivity index (χ2n) is 5.51. The second kappa shape index (κ2) is 7.33. The van der Waals surface area contributed by atoms with Gasteiger partial charge in [0, 0.05) is 22.7 Å². The summed E-state index contributed by atoms with van der Waals surface area (Å²) in [5, 5.41) is 8.93. The van der Waals surface area contributed by atoms with Crippen LogP contribution < -0.4 is 16.0 Å². The van der Waals surface area contributed by atoms with E-state index in [1.807, 2.05) is 85.8 Å². The van der Waals surface area contributed by atoms with Gasteiger partial charge in [0.25, 0.3) is 0 Å². The van der Waals surface area contributed by atoms with E-state index in [9.17, 15) is 4.79 Å². The number of benzene rings is 3. The maximum absolute atomic E-state index is 12.0. The lowest BCUT2D eigenvalue weighted by molar-refractivity contribution is 0.262. The summed E-state index contributed by atoms with van der Waals surface area (Å²) in [5.41, 5.74) is 4.64. The number of hydrogen-bond acceptors (Lipinski definition) is 2. The van der Waals surface area contributed by atoms with Crippen molar-refractivity contribution in [1.82, 2.24) is 0 Å². The van der Waals surface area contributed by atoms with E-state index in [-0.39, 0.29) is 6.03 Å². The predicted molar refractivity (Wildman–Crippen MR) is 100.0 cm³/mol. The monoisotopic (exact) mass is 317 g/mol. The van der Waals surface area contributed by atoms with Crippen LogP contribution in [-0.2, 0) is 0 Å². The molecule has 0 bridgehead atoms. The van der Waals surface area contributed by atoms with Gasteiger partial charge in [-0.2, -0.15) is 0 Å². The lowest BCUT2D eigenvalue weighted by Gasteiger charge is -2.10. The van der Waals surface area contributed by atoms with Crippen molar-refractivity contribution in [2.75, 3.05) is 16.0 Å². The first-order valence-corrected chi connectivity index (χ1v) is 7.76. The first-order chi connectivity index (χ1) is 11.7. The Hall–Kier alpha value is -3.27. The van der Waals surface area contributed by atoms with E-state index in [4.69, 9.17) is 0 Å². The molecule has 3 aromatic carbocycles. The van der Waals surface area contributed by atoms with Crippen molar-refractivity contribution in [3.05, 3.63) is 84.4 Å². The Labute approximate surface area is 141 Å². The zero-order chi connectivity index (χ0) is 16.8. The highest BCUT2D eigenvalue weighted by Crippen LogP contribution is 2.19. The lowest BCUT2D eigenvalue weighted by Crippen LogP contribution is -2.19. The Bertz CT molecular complexity index is 797. The molecule has 2 amide bonds. The number of carbonyl (C=O) groups is 1. The highest BCUT2D eigenvalue weighted by molar-refractivity contribution is 5.99. The first-order valence-electron chi connectivity index (χ1n) is 7.76. The van der Waals surface area contributed by atoms with E-state index in [0.29, 0.717) is 0 Å². The van der Waals surface area contributed by atoms with Crippen LogP contribution in [-0.4, -0.2) is 6.03 Å². The number of anilines is 4. The van der Waals surface area contributed by atoms with E-state index in [0.717, 1.165) is 28.3 Å². The van der Waals surface area contributed by atoms with Crippen LogP contribution in [0.2, 0.25) is 0 Å². The SMILES string of the molecule is Cc1ccc(NC(=O)Nc2ccc(Nc3ccccc3)cc2)cc1. The summed E-state index contributed by atoms with van der Waals surface area (Å²) in [6.45, 7) is 2.01. The Balaban J connectivity index is 1.57. The molecule has 0 unspecified atom stereocenters. The number of hydrogen-bond donors (Lipinski definition) is 3. The normalized spacial score (nSPS) is 10.0. The van der Waals surface area contributed by atoms with Crippen molar-refractivity contribution in [1.29, 1.82) is 0 Å².